The van der Waals surface area contributed by atoms with Gasteiger partial charge in [0.15, 0.2) is 6.54 Å². The van der Waals surface area contributed by atoms with E-state index in [2.05, 4.69) is 24.3 Å². The van der Waals surface area contributed by atoms with E-state index in [9.17, 15) is 9.90 Å². The summed E-state index contributed by atoms with van der Waals surface area (Å²) in [5.74, 6) is 0.231. The van der Waals surface area contributed by atoms with E-state index in [-0.39, 0.29) is 11.7 Å². The van der Waals surface area contributed by atoms with Gasteiger partial charge in [0, 0.05) is 25.2 Å². The van der Waals surface area contributed by atoms with Crippen molar-refractivity contribution in [2.45, 2.75) is 0 Å². The van der Waals surface area contributed by atoms with Crippen LogP contribution in [0, 0.1) is 0 Å². The van der Waals surface area contributed by atoms with Crippen LogP contribution in [-0.4, -0.2) is 74.3 Å². The molecule has 1 aromatic rings. The van der Waals surface area contributed by atoms with E-state index < -0.39 is 0 Å². The van der Waals surface area contributed by atoms with E-state index in [0.717, 1.165) is 26.2 Å². The van der Waals surface area contributed by atoms with Gasteiger partial charge in [-0.15, -0.1) is 0 Å². The average molecular weight is 309 g/mol. The fraction of sp³-hybridized carbons (Fsp3) is 0.533. The van der Waals surface area contributed by atoms with Crippen LogP contribution in [0.1, 0.15) is 0 Å². The zero-order valence-electron chi connectivity index (χ0n) is 13.4. The number of likely N-dealkylation sites (N-methyl/N-ethyl adjacent to an activating group) is 2. The topological polar surface area (TPSA) is 87.8 Å². The average Bonchev–Trinajstić information content (AvgIpc) is 2.45. The van der Waals surface area contributed by atoms with Crippen LogP contribution in [0.25, 0.3) is 0 Å². The molecule has 1 aromatic carbocycles. The van der Waals surface area contributed by atoms with Crippen molar-refractivity contribution >= 4 is 17.3 Å². The smallest absolute Gasteiger partial charge is 0.279 e. The van der Waals surface area contributed by atoms with Gasteiger partial charge in [0.2, 0.25) is 0 Å². The number of benzene rings is 1. The van der Waals surface area contributed by atoms with Crippen LogP contribution in [0.15, 0.2) is 12.1 Å². The quantitative estimate of drug-likeness (QED) is 0.423. The van der Waals surface area contributed by atoms with Gasteiger partial charge >= 0.3 is 0 Å². The van der Waals surface area contributed by atoms with Crippen LogP contribution in [0.2, 0.25) is 0 Å². The highest BCUT2D eigenvalue weighted by molar-refractivity contribution is 5.94. The fourth-order valence-corrected chi connectivity index (χ4v) is 2.60. The first-order valence-electron chi connectivity index (χ1n) is 7.31. The molecular weight excluding hydrogens is 284 g/mol. The number of rotatable bonds is 4. The molecule has 22 heavy (non-hydrogen) atoms. The lowest BCUT2D eigenvalue weighted by Crippen LogP contribution is -2.58. The van der Waals surface area contributed by atoms with Crippen LogP contribution in [0.5, 0.6) is 11.5 Å². The maximum Gasteiger partial charge on any atom is 0.279 e. The predicted molar refractivity (Wildman–Crippen MR) is 86.0 cm³/mol. The number of methoxy groups -OCH3 is 1. The second kappa shape index (κ2) is 6.41. The summed E-state index contributed by atoms with van der Waals surface area (Å²) in [6.45, 7) is 4.19. The summed E-state index contributed by atoms with van der Waals surface area (Å²) in [6.07, 6.45) is 0. The van der Waals surface area contributed by atoms with Gasteiger partial charge in [-0.3, -0.25) is 9.69 Å². The minimum Gasteiger partial charge on any atom is -0.506 e. The highest BCUT2D eigenvalue weighted by Crippen LogP contribution is 2.33. The highest BCUT2D eigenvalue weighted by Gasteiger charge is 2.30. The number of nitrogens with one attached hydrogen (secondary N) is 1. The van der Waals surface area contributed by atoms with Crippen molar-refractivity contribution in [3.05, 3.63) is 12.1 Å². The van der Waals surface area contributed by atoms with Crippen LogP contribution in [0.4, 0.5) is 11.4 Å². The van der Waals surface area contributed by atoms with Gasteiger partial charge in [-0.2, -0.15) is 0 Å². The second-order valence-corrected chi connectivity index (χ2v) is 6.19. The molecule has 0 radical (unpaired) electrons. The predicted octanol–water partition coefficient (Wildman–Crippen LogP) is 0.314. The zero-order chi connectivity index (χ0) is 16.3. The van der Waals surface area contributed by atoms with Crippen molar-refractivity contribution in [3.8, 4) is 11.5 Å². The highest BCUT2D eigenvalue weighted by atomic mass is 16.5. The molecule has 1 saturated heterocycles. The van der Waals surface area contributed by atoms with E-state index in [1.54, 1.807) is 0 Å². The standard InChI is InChI=1S/C15H24N4O3/c1-18-4-6-19(2,7-5-18)10-15(21)17-12-9-14(22-3)11(16)8-13(12)20/h8-9H,4-7,10,16H2,1-3H3,(H-,17,20,21)/p+1. The van der Waals surface area contributed by atoms with Gasteiger partial charge < -0.3 is 25.4 Å². The van der Waals surface area contributed by atoms with Crippen LogP contribution in [0.3, 0.4) is 0 Å². The minimum absolute atomic E-state index is 0.0623. The Bertz CT molecular complexity index is 554. The molecule has 1 fully saturated rings. The Kier molecular flexibility index (Phi) is 4.77. The third-order valence-electron chi connectivity index (χ3n) is 4.19. The molecule has 1 aliphatic rings. The first-order chi connectivity index (χ1) is 10.3. The lowest BCUT2D eigenvalue weighted by Gasteiger charge is -2.40. The fourth-order valence-electron chi connectivity index (χ4n) is 2.60. The SMILES string of the molecule is COc1cc(NC(=O)C[N+]2(C)CCN(C)CC2)c(O)cc1N. The first-order valence-corrected chi connectivity index (χ1v) is 7.31. The molecule has 1 amide bonds. The van der Waals surface area contributed by atoms with Crippen molar-refractivity contribution < 1.29 is 19.1 Å². The Hall–Kier alpha value is -1.99. The molecule has 7 heteroatoms. The number of piperazine rings is 1. The van der Waals surface area contributed by atoms with Crippen molar-refractivity contribution in [1.82, 2.24) is 4.90 Å². The number of aromatic hydroxyl groups is 1. The number of hydrogen-bond acceptors (Lipinski definition) is 5. The number of hydrogen-bond donors (Lipinski definition) is 3. The van der Waals surface area contributed by atoms with Gasteiger partial charge in [0.05, 0.1) is 38.6 Å². The molecule has 0 saturated carbocycles. The van der Waals surface area contributed by atoms with Crippen molar-refractivity contribution in [2.75, 3.05) is 65.0 Å². The number of nitrogens with two attached hydrogens (primary N) is 1. The summed E-state index contributed by atoms with van der Waals surface area (Å²) in [5, 5.41) is 12.6. The normalized spacial score (nSPS) is 18.0. The maximum absolute atomic E-state index is 12.3. The number of carbonyl (C=O) groups is 1. The number of phenols is 1. The molecular formula is C15H25N4O3+. The van der Waals surface area contributed by atoms with Gasteiger partial charge in [0.25, 0.3) is 5.91 Å². The number of ether oxygens (including phenoxy) is 1. The molecule has 7 nitrogen and oxygen atoms in total. The summed E-state index contributed by atoms with van der Waals surface area (Å²) in [5.41, 5.74) is 6.36. The number of nitrogens with zero attached hydrogens (tertiary/aromatic N) is 2. The summed E-state index contributed by atoms with van der Waals surface area (Å²) < 4.78 is 5.80. The third-order valence-corrected chi connectivity index (χ3v) is 4.19. The second-order valence-electron chi connectivity index (χ2n) is 6.19. The Balaban J connectivity index is 2.03. The summed E-state index contributed by atoms with van der Waals surface area (Å²) in [6, 6.07) is 2.91. The molecule has 0 spiro atoms. The molecule has 1 heterocycles. The zero-order valence-corrected chi connectivity index (χ0v) is 13.4. The van der Waals surface area contributed by atoms with Gasteiger partial charge in [-0.05, 0) is 7.05 Å². The molecule has 4 N–H and O–H groups in total. The van der Waals surface area contributed by atoms with Gasteiger partial charge in [-0.1, -0.05) is 0 Å². The number of carbonyl (C=O) groups excluding carboxylic acids is 1. The summed E-state index contributed by atoms with van der Waals surface area (Å²) in [7, 11) is 5.66. The number of anilines is 2. The Morgan fingerprint density at radius 1 is 1.45 bits per heavy atom. The van der Waals surface area contributed by atoms with Gasteiger partial charge in [-0.25, -0.2) is 0 Å². The van der Waals surface area contributed by atoms with E-state index in [0.29, 0.717) is 28.2 Å². The van der Waals surface area contributed by atoms with Crippen molar-refractivity contribution in [3.63, 3.8) is 0 Å². The van der Waals surface area contributed by atoms with Gasteiger partial charge in [0.1, 0.15) is 11.5 Å². The Morgan fingerprint density at radius 2 is 2.09 bits per heavy atom. The molecule has 0 atom stereocenters. The third kappa shape index (κ3) is 3.80. The number of amides is 1. The molecule has 0 unspecified atom stereocenters. The minimum atomic E-state index is -0.130. The summed E-state index contributed by atoms with van der Waals surface area (Å²) >= 11 is 0. The molecule has 1 aliphatic heterocycles. The monoisotopic (exact) mass is 309 g/mol. The Labute approximate surface area is 130 Å². The van der Waals surface area contributed by atoms with E-state index in [4.69, 9.17) is 10.5 Å². The molecule has 0 aliphatic carbocycles. The number of phenolic OH excluding ortho intramolecular Hbond substituents is 1. The van der Waals surface area contributed by atoms with Crippen molar-refractivity contribution in [1.29, 1.82) is 0 Å². The van der Waals surface area contributed by atoms with Crippen molar-refractivity contribution in [2.24, 2.45) is 0 Å². The van der Waals surface area contributed by atoms with Crippen LogP contribution >= 0.6 is 0 Å². The Morgan fingerprint density at radius 3 is 2.68 bits per heavy atom. The molecule has 122 valence electrons. The van der Waals surface area contributed by atoms with E-state index >= 15 is 0 Å². The summed E-state index contributed by atoms with van der Waals surface area (Å²) in [4.78, 5) is 14.5. The molecule has 0 aromatic heterocycles. The first kappa shape index (κ1) is 16.4. The van der Waals surface area contributed by atoms with E-state index in [1.807, 2.05) is 0 Å². The lowest BCUT2D eigenvalue weighted by atomic mass is 10.2. The molecule has 2 rings (SSSR count). The van der Waals surface area contributed by atoms with E-state index in [1.165, 1.54) is 19.2 Å². The number of quaternary nitrogens is 1. The van der Waals surface area contributed by atoms with Crippen LogP contribution < -0.4 is 15.8 Å². The number of nitrogen functional groups attached to an aromatic ring is 1. The lowest BCUT2D eigenvalue weighted by molar-refractivity contribution is -0.905. The van der Waals surface area contributed by atoms with Crippen LogP contribution in [-0.2, 0) is 4.79 Å². The largest absolute Gasteiger partial charge is 0.506 e. The molecule has 0 bridgehead atoms. The maximum atomic E-state index is 12.3.